The van der Waals surface area contributed by atoms with Crippen LogP contribution >= 0.6 is 0 Å². The van der Waals surface area contributed by atoms with Crippen molar-refractivity contribution in [2.24, 2.45) is 5.73 Å². The number of ether oxygens (including phenoxy) is 1. The number of carboxylic acid groups (broad SMARTS) is 1. The van der Waals surface area contributed by atoms with Gasteiger partial charge in [0, 0.05) is 6.42 Å². The van der Waals surface area contributed by atoms with Gasteiger partial charge in [-0.2, -0.15) is 0 Å². The maximum absolute atomic E-state index is 11.7. The lowest BCUT2D eigenvalue weighted by atomic mass is 10.1. The molecule has 0 aromatic heterocycles. The molecule has 21 heavy (non-hydrogen) atoms. The number of para-hydroxylation sites is 1. The maximum Gasteiger partial charge on any atom is 0.326 e. The van der Waals surface area contributed by atoms with Gasteiger partial charge in [0.25, 0.3) is 0 Å². The van der Waals surface area contributed by atoms with Crippen molar-refractivity contribution in [3.05, 3.63) is 29.8 Å². The highest BCUT2D eigenvalue weighted by Crippen LogP contribution is 2.18. The molecule has 0 heterocycles. The van der Waals surface area contributed by atoms with Gasteiger partial charge >= 0.3 is 5.97 Å². The topological polar surface area (TPSA) is 119 Å². The molecule has 0 radical (unpaired) electrons. The van der Waals surface area contributed by atoms with Crippen LogP contribution in [0.2, 0.25) is 0 Å². The second kappa shape index (κ2) is 7.88. The van der Waals surface area contributed by atoms with E-state index in [0.29, 0.717) is 12.2 Å². The van der Waals surface area contributed by atoms with E-state index in [2.05, 4.69) is 5.32 Å². The molecule has 7 nitrogen and oxygen atoms in total. The van der Waals surface area contributed by atoms with Gasteiger partial charge in [-0.15, -0.1) is 0 Å². The number of hydrogen-bond donors (Lipinski definition) is 3. The molecule has 0 fully saturated rings. The fraction of sp³-hybridized carbons (Fsp3) is 0.357. The third-order valence-electron chi connectivity index (χ3n) is 2.85. The number of nitrogens with two attached hydrogens (primary N) is 1. The number of carbonyl (C=O) groups is 3. The van der Waals surface area contributed by atoms with Crippen LogP contribution in [-0.2, 0) is 20.8 Å². The Morgan fingerprint density at radius 2 is 2.00 bits per heavy atom. The average molecular weight is 294 g/mol. The van der Waals surface area contributed by atoms with Gasteiger partial charge in [0.2, 0.25) is 11.8 Å². The zero-order valence-corrected chi connectivity index (χ0v) is 11.7. The van der Waals surface area contributed by atoms with Crippen LogP contribution in [0, 0.1) is 0 Å². The summed E-state index contributed by atoms with van der Waals surface area (Å²) >= 11 is 0. The molecule has 0 spiro atoms. The summed E-state index contributed by atoms with van der Waals surface area (Å²) in [7, 11) is 1.53. The molecule has 1 aromatic carbocycles. The highest BCUT2D eigenvalue weighted by atomic mass is 16.5. The summed E-state index contributed by atoms with van der Waals surface area (Å²) in [4.78, 5) is 33.4. The standard InChI is InChI=1S/C14H18N2O5/c1-21-11-5-3-2-4-9(11)6-7-13(18)16-10(14(19)20)8-12(15)17/h2-5,10H,6-8H2,1H3,(H2,15,17)(H,16,18)(H,19,20)/t10-/m0/s1. The van der Waals surface area contributed by atoms with Crippen LogP contribution in [0.15, 0.2) is 24.3 Å². The second-order valence-electron chi connectivity index (χ2n) is 4.44. The van der Waals surface area contributed by atoms with Crippen LogP contribution in [0.25, 0.3) is 0 Å². The molecule has 1 atom stereocenters. The number of primary amides is 1. The number of hydrogen-bond acceptors (Lipinski definition) is 4. The van der Waals surface area contributed by atoms with E-state index in [-0.39, 0.29) is 6.42 Å². The molecule has 7 heteroatoms. The Labute approximate surface area is 122 Å². The molecule has 1 rings (SSSR count). The summed E-state index contributed by atoms with van der Waals surface area (Å²) < 4.78 is 5.16. The number of carboxylic acids is 1. The Balaban J connectivity index is 2.56. The molecule has 114 valence electrons. The third-order valence-corrected chi connectivity index (χ3v) is 2.85. The number of methoxy groups -OCH3 is 1. The van der Waals surface area contributed by atoms with Gasteiger partial charge in [-0.1, -0.05) is 18.2 Å². The Kier molecular flexibility index (Phi) is 6.19. The first-order valence-corrected chi connectivity index (χ1v) is 6.36. The Hall–Kier alpha value is -2.57. The van der Waals surface area contributed by atoms with E-state index in [1.54, 1.807) is 6.07 Å². The van der Waals surface area contributed by atoms with Gasteiger partial charge in [0.15, 0.2) is 0 Å². The van der Waals surface area contributed by atoms with E-state index in [0.717, 1.165) is 5.56 Å². The molecule has 0 saturated carbocycles. The van der Waals surface area contributed by atoms with Gasteiger partial charge in [-0.25, -0.2) is 4.79 Å². The zero-order chi connectivity index (χ0) is 15.8. The molecule has 2 amide bonds. The minimum absolute atomic E-state index is 0.0862. The first kappa shape index (κ1) is 16.5. The van der Waals surface area contributed by atoms with Crippen molar-refractivity contribution in [2.45, 2.75) is 25.3 Å². The van der Waals surface area contributed by atoms with Crippen molar-refractivity contribution in [2.75, 3.05) is 7.11 Å². The van der Waals surface area contributed by atoms with Crippen LogP contribution in [0.4, 0.5) is 0 Å². The molecular formula is C14H18N2O5. The van der Waals surface area contributed by atoms with E-state index < -0.39 is 30.2 Å². The lowest BCUT2D eigenvalue weighted by Gasteiger charge is -2.13. The fourth-order valence-corrected chi connectivity index (χ4v) is 1.83. The summed E-state index contributed by atoms with van der Waals surface area (Å²) in [5.41, 5.74) is 5.78. The number of aryl methyl sites for hydroxylation is 1. The van der Waals surface area contributed by atoms with Gasteiger partial charge in [0.05, 0.1) is 13.5 Å². The summed E-state index contributed by atoms with van der Waals surface area (Å²) in [5.74, 6) is -1.88. The third kappa shape index (κ3) is 5.52. The van der Waals surface area contributed by atoms with Crippen LogP contribution < -0.4 is 15.8 Å². The minimum Gasteiger partial charge on any atom is -0.496 e. The smallest absolute Gasteiger partial charge is 0.326 e. The van der Waals surface area contributed by atoms with Gasteiger partial charge in [-0.05, 0) is 18.1 Å². The Morgan fingerprint density at radius 3 is 2.57 bits per heavy atom. The van der Waals surface area contributed by atoms with Gasteiger partial charge < -0.3 is 20.9 Å². The summed E-state index contributed by atoms with van der Waals surface area (Å²) in [6, 6.07) is 5.94. The molecule has 0 aliphatic rings. The number of nitrogens with one attached hydrogen (secondary N) is 1. The lowest BCUT2D eigenvalue weighted by molar-refractivity contribution is -0.143. The Morgan fingerprint density at radius 1 is 1.33 bits per heavy atom. The summed E-state index contributed by atoms with van der Waals surface area (Å²) in [6.07, 6.45) is 0.0530. The van der Waals surface area contributed by atoms with Crippen LogP contribution in [0.3, 0.4) is 0 Å². The van der Waals surface area contributed by atoms with Crippen molar-refractivity contribution >= 4 is 17.8 Å². The predicted molar refractivity (Wildman–Crippen MR) is 74.7 cm³/mol. The average Bonchev–Trinajstić information content (AvgIpc) is 2.44. The van der Waals surface area contributed by atoms with E-state index in [1.165, 1.54) is 7.11 Å². The van der Waals surface area contributed by atoms with Crippen molar-refractivity contribution in [1.29, 1.82) is 0 Å². The van der Waals surface area contributed by atoms with Crippen molar-refractivity contribution in [1.82, 2.24) is 5.32 Å². The molecule has 0 aliphatic heterocycles. The van der Waals surface area contributed by atoms with Crippen molar-refractivity contribution in [3.8, 4) is 5.75 Å². The lowest BCUT2D eigenvalue weighted by Crippen LogP contribution is -2.43. The quantitative estimate of drug-likeness (QED) is 0.627. The SMILES string of the molecule is COc1ccccc1CCC(=O)N[C@@H](CC(N)=O)C(=O)O. The fourth-order valence-electron chi connectivity index (χ4n) is 1.83. The minimum atomic E-state index is -1.30. The molecule has 0 bridgehead atoms. The van der Waals surface area contributed by atoms with E-state index >= 15 is 0 Å². The van der Waals surface area contributed by atoms with Gasteiger partial charge in [-0.3, -0.25) is 9.59 Å². The second-order valence-corrected chi connectivity index (χ2v) is 4.44. The monoisotopic (exact) mass is 294 g/mol. The summed E-state index contributed by atoms with van der Waals surface area (Å²) in [6.45, 7) is 0. The molecule has 0 aliphatic carbocycles. The highest BCUT2D eigenvalue weighted by molar-refractivity contribution is 5.88. The molecule has 0 saturated heterocycles. The highest BCUT2D eigenvalue weighted by Gasteiger charge is 2.21. The van der Waals surface area contributed by atoms with Crippen LogP contribution in [-0.4, -0.2) is 36.0 Å². The van der Waals surface area contributed by atoms with E-state index in [9.17, 15) is 14.4 Å². The number of rotatable bonds is 8. The molecular weight excluding hydrogens is 276 g/mol. The first-order chi connectivity index (χ1) is 9.93. The van der Waals surface area contributed by atoms with Crippen LogP contribution in [0.1, 0.15) is 18.4 Å². The number of aliphatic carboxylic acids is 1. The normalized spacial score (nSPS) is 11.5. The van der Waals surface area contributed by atoms with Gasteiger partial charge in [0.1, 0.15) is 11.8 Å². The predicted octanol–water partition coefficient (Wildman–Crippen LogP) is 0.0726. The molecule has 1 aromatic rings. The summed E-state index contributed by atoms with van der Waals surface area (Å²) in [5, 5.41) is 11.2. The first-order valence-electron chi connectivity index (χ1n) is 6.36. The largest absolute Gasteiger partial charge is 0.496 e. The van der Waals surface area contributed by atoms with Crippen molar-refractivity contribution in [3.63, 3.8) is 0 Å². The number of benzene rings is 1. The molecule has 0 unspecified atom stereocenters. The van der Waals surface area contributed by atoms with E-state index in [1.807, 2.05) is 18.2 Å². The van der Waals surface area contributed by atoms with E-state index in [4.69, 9.17) is 15.6 Å². The number of amides is 2. The molecule has 4 N–H and O–H groups in total. The zero-order valence-electron chi connectivity index (χ0n) is 11.7. The Bertz CT molecular complexity index is 530. The van der Waals surface area contributed by atoms with Crippen LogP contribution in [0.5, 0.6) is 5.75 Å². The number of carbonyl (C=O) groups excluding carboxylic acids is 2. The van der Waals surface area contributed by atoms with Crippen molar-refractivity contribution < 1.29 is 24.2 Å². The maximum atomic E-state index is 11.7.